The van der Waals surface area contributed by atoms with Crippen LogP contribution in [-0.2, 0) is 13.1 Å². The van der Waals surface area contributed by atoms with Gasteiger partial charge in [0.15, 0.2) is 0 Å². The molecule has 0 saturated heterocycles. The second-order valence-corrected chi connectivity index (χ2v) is 5.70. The molecule has 1 N–H and O–H groups in total. The third-order valence-corrected chi connectivity index (χ3v) is 4.07. The van der Waals surface area contributed by atoms with Crippen LogP contribution in [0, 0.1) is 0 Å². The molecule has 106 valence electrons. The Kier molecular flexibility index (Phi) is 4.36. The fourth-order valence-electron chi connectivity index (χ4n) is 2.15. The summed E-state index contributed by atoms with van der Waals surface area (Å²) in [5.74, 6) is 0. The minimum absolute atomic E-state index is 0.803. The molecule has 1 aromatic heterocycles. The highest BCUT2D eigenvalue weighted by molar-refractivity contribution is 9.10. The van der Waals surface area contributed by atoms with Crippen LogP contribution in [0.15, 0.2) is 71.5 Å². The van der Waals surface area contributed by atoms with Crippen molar-refractivity contribution < 1.29 is 0 Å². The van der Waals surface area contributed by atoms with Gasteiger partial charge in [0.05, 0.1) is 6.54 Å². The number of halogens is 1. The van der Waals surface area contributed by atoms with Crippen molar-refractivity contribution in [2.45, 2.75) is 13.1 Å². The van der Waals surface area contributed by atoms with E-state index in [2.05, 4.69) is 68.8 Å². The van der Waals surface area contributed by atoms with Crippen LogP contribution in [0.5, 0.6) is 0 Å². The lowest BCUT2D eigenvalue weighted by Gasteiger charge is -2.09. The van der Waals surface area contributed by atoms with Crippen LogP contribution >= 0.6 is 15.9 Å². The van der Waals surface area contributed by atoms with Crippen LogP contribution in [-0.4, -0.2) is 9.78 Å². The number of aromatic nitrogens is 2. The maximum absolute atomic E-state index is 4.22. The van der Waals surface area contributed by atoms with Gasteiger partial charge in [0.2, 0.25) is 0 Å². The van der Waals surface area contributed by atoms with Gasteiger partial charge in [0.25, 0.3) is 0 Å². The van der Waals surface area contributed by atoms with Crippen molar-refractivity contribution in [3.8, 4) is 0 Å². The minimum atomic E-state index is 0.803. The summed E-state index contributed by atoms with van der Waals surface area (Å²) in [5, 5.41) is 7.65. The highest BCUT2D eigenvalue weighted by Crippen LogP contribution is 2.18. The number of benzene rings is 2. The molecule has 0 aliphatic heterocycles. The van der Waals surface area contributed by atoms with Crippen molar-refractivity contribution >= 4 is 21.6 Å². The smallest absolute Gasteiger partial charge is 0.0659 e. The highest BCUT2D eigenvalue weighted by atomic mass is 79.9. The maximum Gasteiger partial charge on any atom is 0.0659 e. The molecule has 1 heterocycles. The van der Waals surface area contributed by atoms with Gasteiger partial charge in [-0.15, -0.1) is 0 Å². The van der Waals surface area contributed by atoms with Crippen molar-refractivity contribution in [2.24, 2.45) is 0 Å². The molecule has 0 bridgehead atoms. The number of nitrogens with one attached hydrogen (secondary N) is 1. The topological polar surface area (TPSA) is 29.9 Å². The lowest BCUT2D eigenvalue weighted by atomic mass is 10.2. The van der Waals surface area contributed by atoms with Crippen LogP contribution in [0.1, 0.15) is 11.1 Å². The molecule has 0 amide bonds. The van der Waals surface area contributed by atoms with Gasteiger partial charge in [-0.25, -0.2) is 0 Å². The third-order valence-electron chi connectivity index (χ3n) is 3.30. The van der Waals surface area contributed by atoms with Gasteiger partial charge >= 0.3 is 0 Å². The first-order chi connectivity index (χ1) is 10.3. The summed E-state index contributed by atoms with van der Waals surface area (Å²) in [6.07, 6.45) is 3.77. The van der Waals surface area contributed by atoms with Gasteiger partial charge in [0, 0.05) is 29.1 Å². The lowest BCUT2D eigenvalue weighted by Crippen LogP contribution is -2.02. The Bertz CT molecular complexity index is 690. The Labute approximate surface area is 132 Å². The molecule has 0 fully saturated rings. The van der Waals surface area contributed by atoms with E-state index in [0.717, 1.165) is 23.2 Å². The van der Waals surface area contributed by atoms with E-state index in [-0.39, 0.29) is 0 Å². The average molecular weight is 342 g/mol. The van der Waals surface area contributed by atoms with E-state index in [1.54, 1.807) is 6.20 Å². The number of rotatable bonds is 5. The molecular formula is C17H16BrN3. The van der Waals surface area contributed by atoms with Gasteiger partial charge in [0.1, 0.15) is 0 Å². The van der Waals surface area contributed by atoms with E-state index >= 15 is 0 Å². The van der Waals surface area contributed by atoms with E-state index in [9.17, 15) is 0 Å². The molecule has 0 unspecified atom stereocenters. The molecule has 0 spiro atoms. The summed E-state index contributed by atoms with van der Waals surface area (Å²) in [6.45, 7) is 1.61. The van der Waals surface area contributed by atoms with Crippen molar-refractivity contribution in [1.29, 1.82) is 0 Å². The summed E-state index contributed by atoms with van der Waals surface area (Å²) in [6, 6.07) is 18.7. The van der Waals surface area contributed by atoms with Crippen molar-refractivity contribution in [3.63, 3.8) is 0 Å². The number of nitrogens with zero attached hydrogens (tertiary/aromatic N) is 2. The highest BCUT2D eigenvalue weighted by Gasteiger charge is 1.99. The SMILES string of the molecule is Brc1ccccc1CNc1ccc(Cn2cccn2)cc1. The number of anilines is 1. The van der Waals surface area contributed by atoms with Crippen LogP contribution in [0.4, 0.5) is 5.69 Å². The van der Waals surface area contributed by atoms with Crippen LogP contribution in [0.3, 0.4) is 0 Å². The molecular weight excluding hydrogens is 326 g/mol. The van der Waals surface area contributed by atoms with Crippen LogP contribution in [0.2, 0.25) is 0 Å². The van der Waals surface area contributed by atoms with E-state index in [1.165, 1.54) is 11.1 Å². The zero-order valence-electron chi connectivity index (χ0n) is 11.5. The summed E-state index contributed by atoms with van der Waals surface area (Å²) in [5.41, 5.74) is 3.61. The van der Waals surface area contributed by atoms with Crippen molar-refractivity contribution in [1.82, 2.24) is 9.78 Å². The zero-order chi connectivity index (χ0) is 14.5. The predicted molar refractivity (Wildman–Crippen MR) is 89.2 cm³/mol. The Morgan fingerprint density at radius 2 is 1.81 bits per heavy atom. The van der Waals surface area contributed by atoms with E-state index < -0.39 is 0 Å². The van der Waals surface area contributed by atoms with Gasteiger partial charge in [-0.1, -0.05) is 46.3 Å². The minimum Gasteiger partial charge on any atom is -0.381 e. The molecule has 2 aromatic carbocycles. The first-order valence-electron chi connectivity index (χ1n) is 6.85. The summed E-state index contributed by atoms with van der Waals surface area (Å²) < 4.78 is 3.05. The second kappa shape index (κ2) is 6.59. The van der Waals surface area contributed by atoms with Gasteiger partial charge in [-0.3, -0.25) is 4.68 Å². The largest absolute Gasteiger partial charge is 0.381 e. The molecule has 0 aliphatic carbocycles. The fraction of sp³-hybridized carbons (Fsp3) is 0.118. The molecule has 3 aromatic rings. The second-order valence-electron chi connectivity index (χ2n) is 4.85. The molecule has 3 nitrogen and oxygen atoms in total. The normalized spacial score (nSPS) is 10.5. The van der Waals surface area contributed by atoms with Crippen LogP contribution in [0.25, 0.3) is 0 Å². The van der Waals surface area contributed by atoms with Crippen LogP contribution < -0.4 is 5.32 Å². The maximum atomic E-state index is 4.22. The Morgan fingerprint density at radius 3 is 2.52 bits per heavy atom. The molecule has 0 atom stereocenters. The molecule has 3 rings (SSSR count). The van der Waals surface area contributed by atoms with E-state index in [1.807, 2.05) is 23.0 Å². The lowest BCUT2D eigenvalue weighted by molar-refractivity contribution is 0.687. The number of hydrogen-bond donors (Lipinski definition) is 1. The van der Waals surface area contributed by atoms with Crippen molar-refractivity contribution in [3.05, 3.63) is 82.6 Å². The Hall–Kier alpha value is -2.07. The average Bonchev–Trinajstić information content (AvgIpc) is 3.01. The summed E-state index contributed by atoms with van der Waals surface area (Å²) in [4.78, 5) is 0. The standard InChI is InChI=1S/C17H16BrN3/c18-17-5-2-1-4-15(17)12-19-16-8-6-14(7-9-16)13-21-11-3-10-20-21/h1-11,19H,12-13H2. The summed E-state index contributed by atoms with van der Waals surface area (Å²) >= 11 is 3.56. The van der Waals surface area contributed by atoms with Gasteiger partial charge in [-0.05, 0) is 35.4 Å². The van der Waals surface area contributed by atoms with E-state index in [0.29, 0.717) is 0 Å². The molecule has 21 heavy (non-hydrogen) atoms. The molecule has 0 aliphatic rings. The first kappa shape index (κ1) is 13.9. The fourth-order valence-corrected chi connectivity index (χ4v) is 2.57. The summed E-state index contributed by atoms with van der Waals surface area (Å²) in [7, 11) is 0. The first-order valence-corrected chi connectivity index (χ1v) is 7.64. The molecule has 4 heteroatoms. The zero-order valence-corrected chi connectivity index (χ0v) is 13.1. The molecule has 0 radical (unpaired) electrons. The third kappa shape index (κ3) is 3.73. The van der Waals surface area contributed by atoms with Crippen molar-refractivity contribution in [2.75, 3.05) is 5.32 Å². The van der Waals surface area contributed by atoms with E-state index in [4.69, 9.17) is 0 Å². The molecule has 0 saturated carbocycles. The predicted octanol–water partition coefficient (Wildman–Crippen LogP) is 4.31. The Morgan fingerprint density at radius 1 is 1.00 bits per heavy atom. The number of hydrogen-bond acceptors (Lipinski definition) is 2. The van der Waals surface area contributed by atoms with Gasteiger partial charge < -0.3 is 5.32 Å². The monoisotopic (exact) mass is 341 g/mol. The van der Waals surface area contributed by atoms with Gasteiger partial charge in [-0.2, -0.15) is 5.10 Å². The Balaban J connectivity index is 1.61. The quantitative estimate of drug-likeness (QED) is 0.749.